The standard InChI is InChI=1S/C16H18FN3O/c1-11-14(16(21)20-7-5-19(2)6-8-20)10-12-9-13(17)3-4-15(12)18-11/h3-4,9-10H,5-8H2,1-2H3. The van der Waals surface area contributed by atoms with E-state index in [-0.39, 0.29) is 11.7 Å². The molecule has 5 heteroatoms. The zero-order valence-corrected chi connectivity index (χ0v) is 12.3. The molecular weight excluding hydrogens is 269 g/mol. The second kappa shape index (κ2) is 5.41. The maximum absolute atomic E-state index is 13.3. The second-order valence-corrected chi connectivity index (χ2v) is 5.55. The Hall–Kier alpha value is -2.01. The number of amides is 1. The summed E-state index contributed by atoms with van der Waals surface area (Å²) in [7, 11) is 2.05. The van der Waals surface area contributed by atoms with Gasteiger partial charge in [-0.05, 0) is 38.2 Å². The minimum absolute atomic E-state index is 0.0146. The van der Waals surface area contributed by atoms with E-state index in [1.54, 1.807) is 12.1 Å². The quantitative estimate of drug-likeness (QED) is 0.805. The van der Waals surface area contributed by atoms with Crippen molar-refractivity contribution in [1.82, 2.24) is 14.8 Å². The van der Waals surface area contributed by atoms with Gasteiger partial charge in [0.25, 0.3) is 5.91 Å². The average molecular weight is 287 g/mol. The number of hydrogen-bond acceptors (Lipinski definition) is 3. The van der Waals surface area contributed by atoms with Gasteiger partial charge in [0.15, 0.2) is 0 Å². The highest BCUT2D eigenvalue weighted by Crippen LogP contribution is 2.19. The molecule has 4 nitrogen and oxygen atoms in total. The van der Waals surface area contributed by atoms with Crippen LogP contribution in [0.2, 0.25) is 0 Å². The number of benzene rings is 1. The second-order valence-electron chi connectivity index (χ2n) is 5.55. The first-order valence-electron chi connectivity index (χ1n) is 7.09. The van der Waals surface area contributed by atoms with Gasteiger partial charge in [-0.1, -0.05) is 0 Å². The Bertz CT molecular complexity index is 693. The van der Waals surface area contributed by atoms with Crippen molar-refractivity contribution in [2.24, 2.45) is 0 Å². The first-order valence-corrected chi connectivity index (χ1v) is 7.09. The Balaban J connectivity index is 1.95. The number of pyridine rings is 1. The summed E-state index contributed by atoms with van der Waals surface area (Å²) < 4.78 is 13.3. The summed E-state index contributed by atoms with van der Waals surface area (Å²) in [6.45, 7) is 5.01. The van der Waals surface area contributed by atoms with Crippen LogP contribution in [0.3, 0.4) is 0 Å². The predicted molar refractivity (Wildman–Crippen MR) is 79.8 cm³/mol. The van der Waals surface area contributed by atoms with Gasteiger partial charge in [0.05, 0.1) is 16.8 Å². The van der Waals surface area contributed by atoms with Crippen LogP contribution in [-0.4, -0.2) is 53.9 Å². The highest BCUT2D eigenvalue weighted by Gasteiger charge is 2.22. The molecule has 1 amide bonds. The van der Waals surface area contributed by atoms with Gasteiger partial charge in [0.1, 0.15) is 5.82 Å². The van der Waals surface area contributed by atoms with Crippen LogP contribution in [0.15, 0.2) is 24.3 Å². The number of piperazine rings is 1. The Morgan fingerprint density at radius 1 is 1.19 bits per heavy atom. The van der Waals surface area contributed by atoms with Crippen LogP contribution in [0.5, 0.6) is 0 Å². The molecule has 0 N–H and O–H groups in total. The molecule has 0 atom stereocenters. The Morgan fingerprint density at radius 3 is 2.62 bits per heavy atom. The number of fused-ring (bicyclic) bond motifs is 1. The molecule has 0 spiro atoms. The SMILES string of the molecule is Cc1nc2ccc(F)cc2cc1C(=O)N1CCN(C)CC1. The molecule has 1 aliphatic heterocycles. The maximum Gasteiger partial charge on any atom is 0.255 e. The van der Waals surface area contributed by atoms with E-state index in [4.69, 9.17) is 0 Å². The first-order chi connectivity index (χ1) is 10.0. The fourth-order valence-electron chi connectivity index (χ4n) is 2.64. The lowest BCUT2D eigenvalue weighted by Crippen LogP contribution is -2.47. The molecule has 1 fully saturated rings. The lowest BCUT2D eigenvalue weighted by atomic mass is 10.1. The zero-order valence-electron chi connectivity index (χ0n) is 12.3. The van der Waals surface area contributed by atoms with Gasteiger partial charge in [0, 0.05) is 31.6 Å². The van der Waals surface area contributed by atoms with E-state index in [1.807, 2.05) is 18.9 Å². The minimum Gasteiger partial charge on any atom is -0.336 e. The van der Waals surface area contributed by atoms with E-state index >= 15 is 0 Å². The highest BCUT2D eigenvalue weighted by molar-refractivity contribution is 5.98. The molecule has 0 unspecified atom stereocenters. The topological polar surface area (TPSA) is 36.4 Å². The molecule has 1 aromatic heterocycles. The number of carbonyl (C=O) groups excluding carboxylic acids is 1. The van der Waals surface area contributed by atoms with Crippen LogP contribution in [0, 0.1) is 12.7 Å². The van der Waals surface area contributed by atoms with Crippen LogP contribution in [0.25, 0.3) is 10.9 Å². The molecule has 0 saturated carbocycles. The third kappa shape index (κ3) is 2.74. The summed E-state index contributed by atoms with van der Waals surface area (Å²) in [6.07, 6.45) is 0. The van der Waals surface area contributed by atoms with E-state index in [0.717, 1.165) is 26.2 Å². The molecule has 2 heterocycles. The van der Waals surface area contributed by atoms with Crippen LogP contribution < -0.4 is 0 Å². The van der Waals surface area contributed by atoms with Gasteiger partial charge in [-0.25, -0.2) is 4.39 Å². The summed E-state index contributed by atoms with van der Waals surface area (Å²) in [6, 6.07) is 6.20. The number of aryl methyl sites for hydroxylation is 1. The van der Waals surface area contributed by atoms with Crippen molar-refractivity contribution in [3.63, 3.8) is 0 Å². The van der Waals surface area contributed by atoms with E-state index in [1.165, 1.54) is 12.1 Å². The summed E-state index contributed by atoms with van der Waals surface area (Å²) in [5.74, 6) is -0.328. The number of aromatic nitrogens is 1. The summed E-state index contributed by atoms with van der Waals surface area (Å²) in [5, 5.41) is 0.665. The number of hydrogen-bond donors (Lipinski definition) is 0. The molecule has 1 saturated heterocycles. The van der Waals surface area contributed by atoms with E-state index in [9.17, 15) is 9.18 Å². The molecule has 2 aromatic rings. The van der Waals surface area contributed by atoms with Gasteiger partial charge >= 0.3 is 0 Å². The van der Waals surface area contributed by atoms with Crippen molar-refractivity contribution in [3.05, 3.63) is 41.3 Å². The molecule has 3 rings (SSSR count). The summed E-state index contributed by atoms with van der Waals surface area (Å²) in [5.41, 5.74) is 1.97. The minimum atomic E-state index is -0.314. The van der Waals surface area contributed by atoms with E-state index in [2.05, 4.69) is 9.88 Å². The molecule has 1 aromatic carbocycles. The fourth-order valence-corrected chi connectivity index (χ4v) is 2.64. The molecular formula is C16H18FN3O. The lowest BCUT2D eigenvalue weighted by Gasteiger charge is -2.32. The highest BCUT2D eigenvalue weighted by atomic mass is 19.1. The van der Waals surface area contributed by atoms with Crippen LogP contribution in [0.4, 0.5) is 4.39 Å². The van der Waals surface area contributed by atoms with Crippen LogP contribution >= 0.6 is 0 Å². The van der Waals surface area contributed by atoms with Gasteiger partial charge in [0.2, 0.25) is 0 Å². The number of carbonyl (C=O) groups is 1. The number of likely N-dealkylation sites (N-methyl/N-ethyl adjacent to an activating group) is 1. The zero-order chi connectivity index (χ0) is 15.0. The van der Waals surface area contributed by atoms with Gasteiger partial charge in [-0.3, -0.25) is 9.78 Å². The monoisotopic (exact) mass is 287 g/mol. The fraction of sp³-hybridized carbons (Fsp3) is 0.375. The molecule has 0 bridgehead atoms. The smallest absolute Gasteiger partial charge is 0.255 e. The van der Waals surface area contributed by atoms with Crippen molar-refractivity contribution in [2.45, 2.75) is 6.92 Å². The Labute approximate surface area is 123 Å². The largest absolute Gasteiger partial charge is 0.336 e. The van der Waals surface area contributed by atoms with Crippen LogP contribution in [-0.2, 0) is 0 Å². The van der Waals surface area contributed by atoms with Gasteiger partial charge in [-0.2, -0.15) is 0 Å². The normalized spacial score (nSPS) is 16.4. The first kappa shape index (κ1) is 13.9. The Morgan fingerprint density at radius 2 is 1.90 bits per heavy atom. The molecule has 0 radical (unpaired) electrons. The van der Waals surface area contributed by atoms with Crippen LogP contribution in [0.1, 0.15) is 16.1 Å². The van der Waals surface area contributed by atoms with E-state index < -0.39 is 0 Å². The molecule has 1 aliphatic rings. The molecule has 0 aliphatic carbocycles. The van der Waals surface area contributed by atoms with Gasteiger partial charge in [-0.15, -0.1) is 0 Å². The number of nitrogens with zero attached hydrogens (tertiary/aromatic N) is 3. The van der Waals surface area contributed by atoms with Crippen molar-refractivity contribution < 1.29 is 9.18 Å². The predicted octanol–water partition coefficient (Wildman–Crippen LogP) is 2.07. The maximum atomic E-state index is 13.3. The van der Waals surface area contributed by atoms with Gasteiger partial charge < -0.3 is 9.80 Å². The average Bonchev–Trinajstić information content (AvgIpc) is 2.47. The van der Waals surface area contributed by atoms with Crippen molar-refractivity contribution in [1.29, 1.82) is 0 Å². The Kier molecular flexibility index (Phi) is 3.59. The van der Waals surface area contributed by atoms with Crippen molar-refractivity contribution in [3.8, 4) is 0 Å². The molecule has 110 valence electrons. The summed E-state index contributed by atoms with van der Waals surface area (Å²) in [4.78, 5) is 21.1. The van der Waals surface area contributed by atoms with Crippen molar-refractivity contribution in [2.75, 3.05) is 33.2 Å². The number of halogens is 1. The number of rotatable bonds is 1. The third-order valence-electron chi connectivity index (χ3n) is 3.99. The van der Waals surface area contributed by atoms with E-state index in [0.29, 0.717) is 22.2 Å². The van der Waals surface area contributed by atoms with Crippen molar-refractivity contribution >= 4 is 16.8 Å². The molecule has 21 heavy (non-hydrogen) atoms. The lowest BCUT2D eigenvalue weighted by molar-refractivity contribution is 0.0663. The third-order valence-corrected chi connectivity index (χ3v) is 3.99. The summed E-state index contributed by atoms with van der Waals surface area (Å²) >= 11 is 0.